The zero-order chi connectivity index (χ0) is 10.8. The molecule has 0 aromatic heterocycles. The first kappa shape index (κ1) is 10.2. The summed E-state index contributed by atoms with van der Waals surface area (Å²) in [5.41, 5.74) is 7.01. The molecule has 0 aromatic rings. The number of allylic oxidation sites excluding steroid dienone is 10. The summed E-state index contributed by atoms with van der Waals surface area (Å²) < 4.78 is 0. The van der Waals surface area contributed by atoms with E-state index in [1.165, 1.54) is 27.9 Å². The van der Waals surface area contributed by atoms with Crippen molar-refractivity contribution in [3.8, 4) is 0 Å². The van der Waals surface area contributed by atoms with Crippen molar-refractivity contribution in [3.05, 3.63) is 64.7 Å². The molecule has 0 atom stereocenters. The van der Waals surface area contributed by atoms with Crippen LogP contribution in [-0.2, 0) is 0 Å². The molecule has 0 nitrogen and oxygen atoms in total. The minimum Gasteiger partial charge on any atom is -0.0758 e. The van der Waals surface area contributed by atoms with Gasteiger partial charge in [0.15, 0.2) is 0 Å². The van der Waals surface area contributed by atoms with Gasteiger partial charge >= 0.3 is 0 Å². The summed E-state index contributed by atoms with van der Waals surface area (Å²) in [7, 11) is 0. The Bertz CT molecular complexity index is 423. The van der Waals surface area contributed by atoms with Gasteiger partial charge in [0.1, 0.15) is 0 Å². The summed E-state index contributed by atoms with van der Waals surface area (Å²) in [6, 6.07) is 0. The maximum absolute atomic E-state index is 2.26. The predicted molar refractivity (Wildman–Crippen MR) is 66.4 cm³/mol. The molecule has 2 rings (SSSR count). The Hall–Kier alpha value is -1.30. The van der Waals surface area contributed by atoms with Crippen LogP contribution in [0.4, 0.5) is 0 Å². The first-order valence-electron chi connectivity index (χ1n) is 5.44. The topological polar surface area (TPSA) is 0 Å². The van der Waals surface area contributed by atoms with Crippen molar-refractivity contribution in [2.45, 2.75) is 27.2 Å². The van der Waals surface area contributed by atoms with E-state index in [2.05, 4.69) is 57.6 Å². The lowest BCUT2D eigenvalue weighted by atomic mass is 9.89. The monoisotopic (exact) mass is 197 g/mol. The Balaban J connectivity index is 2.31. The van der Waals surface area contributed by atoms with Gasteiger partial charge in [-0.05, 0) is 38.3 Å². The van der Waals surface area contributed by atoms with Crippen LogP contribution >= 0.6 is 0 Å². The van der Waals surface area contributed by atoms with Crippen LogP contribution in [0.3, 0.4) is 0 Å². The van der Waals surface area contributed by atoms with Gasteiger partial charge in [0, 0.05) is 6.42 Å². The minimum atomic E-state index is 1.09. The fourth-order valence-electron chi connectivity index (χ4n) is 1.89. The quantitative estimate of drug-likeness (QED) is 0.543. The van der Waals surface area contributed by atoms with Crippen LogP contribution < -0.4 is 0 Å². The highest BCUT2D eigenvalue weighted by Gasteiger charge is 2.09. The fourth-order valence-corrected chi connectivity index (χ4v) is 1.89. The molecule has 15 heavy (non-hydrogen) atoms. The van der Waals surface area contributed by atoms with Crippen molar-refractivity contribution in [2.24, 2.45) is 0 Å². The molecule has 0 heterocycles. The number of hydrogen-bond acceptors (Lipinski definition) is 0. The van der Waals surface area contributed by atoms with Crippen LogP contribution in [0.25, 0.3) is 0 Å². The SMILES string of the molecule is CC1=C/C(=C2/C=CC(C)=C(C)C2)[CH]C=C1. The van der Waals surface area contributed by atoms with Crippen molar-refractivity contribution >= 4 is 0 Å². The Kier molecular flexibility index (Phi) is 2.77. The number of rotatable bonds is 0. The van der Waals surface area contributed by atoms with E-state index < -0.39 is 0 Å². The third-order valence-electron chi connectivity index (χ3n) is 3.05. The van der Waals surface area contributed by atoms with E-state index in [1.54, 1.807) is 0 Å². The van der Waals surface area contributed by atoms with Crippen LogP contribution in [-0.4, -0.2) is 0 Å². The molecule has 1 radical (unpaired) electrons. The Morgan fingerprint density at radius 2 is 1.80 bits per heavy atom. The fraction of sp³-hybridized carbons (Fsp3) is 0.267. The molecule has 0 heteroatoms. The summed E-state index contributed by atoms with van der Waals surface area (Å²) in [6.07, 6.45) is 14.3. The molecule has 0 fully saturated rings. The molecule has 0 aromatic carbocycles. The minimum absolute atomic E-state index is 1.09. The van der Waals surface area contributed by atoms with Crippen molar-refractivity contribution in [1.82, 2.24) is 0 Å². The summed E-state index contributed by atoms with van der Waals surface area (Å²) in [4.78, 5) is 0. The normalized spacial score (nSPS) is 25.9. The molecule has 0 aliphatic heterocycles. The highest BCUT2D eigenvalue weighted by atomic mass is 14.1. The summed E-state index contributed by atoms with van der Waals surface area (Å²) in [5.74, 6) is 0. The van der Waals surface area contributed by atoms with Crippen molar-refractivity contribution in [3.63, 3.8) is 0 Å². The molecule has 0 N–H and O–H groups in total. The first-order chi connectivity index (χ1) is 7.16. The molecule has 0 saturated heterocycles. The van der Waals surface area contributed by atoms with E-state index in [-0.39, 0.29) is 0 Å². The molecular weight excluding hydrogens is 180 g/mol. The second-order valence-electron chi connectivity index (χ2n) is 4.37. The van der Waals surface area contributed by atoms with Crippen molar-refractivity contribution < 1.29 is 0 Å². The van der Waals surface area contributed by atoms with Gasteiger partial charge in [0.2, 0.25) is 0 Å². The van der Waals surface area contributed by atoms with E-state index in [0.29, 0.717) is 0 Å². The van der Waals surface area contributed by atoms with Crippen LogP contribution in [0.1, 0.15) is 27.2 Å². The molecular formula is C15H17. The predicted octanol–water partition coefficient (Wildman–Crippen LogP) is 4.30. The average Bonchev–Trinajstić information content (AvgIpc) is 2.22. The Labute approximate surface area is 92.4 Å². The molecule has 2 aliphatic rings. The highest BCUT2D eigenvalue weighted by Crippen LogP contribution is 2.28. The third kappa shape index (κ3) is 2.20. The van der Waals surface area contributed by atoms with E-state index in [1.807, 2.05) is 0 Å². The van der Waals surface area contributed by atoms with E-state index in [9.17, 15) is 0 Å². The van der Waals surface area contributed by atoms with Crippen LogP contribution in [0.5, 0.6) is 0 Å². The Morgan fingerprint density at radius 1 is 1.00 bits per heavy atom. The second-order valence-corrected chi connectivity index (χ2v) is 4.37. The van der Waals surface area contributed by atoms with Gasteiger partial charge in [0.05, 0.1) is 0 Å². The molecule has 0 saturated carbocycles. The maximum atomic E-state index is 2.26. The van der Waals surface area contributed by atoms with Gasteiger partial charge in [-0.1, -0.05) is 47.1 Å². The summed E-state index contributed by atoms with van der Waals surface area (Å²) >= 11 is 0. The second kappa shape index (κ2) is 4.06. The van der Waals surface area contributed by atoms with Gasteiger partial charge in [-0.15, -0.1) is 0 Å². The van der Waals surface area contributed by atoms with Gasteiger partial charge in [-0.2, -0.15) is 0 Å². The van der Waals surface area contributed by atoms with Crippen LogP contribution in [0, 0.1) is 6.42 Å². The van der Waals surface area contributed by atoms with Crippen molar-refractivity contribution in [2.75, 3.05) is 0 Å². The van der Waals surface area contributed by atoms with Gasteiger partial charge in [-0.25, -0.2) is 0 Å². The molecule has 2 aliphatic carbocycles. The largest absolute Gasteiger partial charge is 0.0758 e. The average molecular weight is 197 g/mol. The maximum Gasteiger partial charge on any atom is 0.0128 e. The van der Waals surface area contributed by atoms with Gasteiger partial charge in [-0.3, -0.25) is 0 Å². The third-order valence-corrected chi connectivity index (χ3v) is 3.05. The van der Waals surface area contributed by atoms with Gasteiger partial charge < -0.3 is 0 Å². The first-order valence-corrected chi connectivity index (χ1v) is 5.44. The molecule has 0 spiro atoms. The lowest BCUT2D eigenvalue weighted by Crippen LogP contribution is -1.97. The summed E-state index contributed by atoms with van der Waals surface area (Å²) in [6.45, 7) is 6.54. The van der Waals surface area contributed by atoms with Crippen molar-refractivity contribution in [1.29, 1.82) is 0 Å². The lowest BCUT2D eigenvalue weighted by molar-refractivity contribution is 1.07. The van der Waals surface area contributed by atoms with Crippen LogP contribution in [0.2, 0.25) is 0 Å². The zero-order valence-electron chi connectivity index (χ0n) is 9.67. The number of hydrogen-bond donors (Lipinski definition) is 0. The zero-order valence-corrected chi connectivity index (χ0v) is 9.67. The lowest BCUT2D eigenvalue weighted by Gasteiger charge is -2.16. The molecule has 0 amide bonds. The molecule has 0 bridgehead atoms. The smallest absolute Gasteiger partial charge is 0.0128 e. The Morgan fingerprint density at radius 3 is 2.47 bits per heavy atom. The van der Waals surface area contributed by atoms with E-state index >= 15 is 0 Å². The highest BCUT2D eigenvalue weighted by molar-refractivity contribution is 5.52. The van der Waals surface area contributed by atoms with E-state index in [0.717, 1.165) is 6.42 Å². The molecule has 77 valence electrons. The van der Waals surface area contributed by atoms with E-state index in [4.69, 9.17) is 0 Å². The molecule has 0 unspecified atom stereocenters. The standard InChI is InChI=1S/C15H17/c1-11-5-4-6-14(9-11)15-8-7-12(2)13(3)10-15/h4-9H,10H2,1-3H3/b15-14-. The van der Waals surface area contributed by atoms with Crippen LogP contribution in [0.15, 0.2) is 58.2 Å². The summed E-state index contributed by atoms with van der Waals surface area (Å²) in [5, 5.41) is 0. The van der Waals surface area contributed by atoms with Gasteiger partial charge in [0.25, 0.3) is 0 Å².